The van der Waals surface area contributed by atoms with Gasteiger partial charge in [0.05, 0.1) is 6.61 Å². The Kier molecular flexibility index (Phi) is 20.3. The Labute approximate surface area is 144 Å². The molecule has 0 amide bonds. The van der Waals surface area contributed by atoms with E-state index in [9.17, 15) is 0 Å². The molecular weight excluding hydrogens is 290 g/mol. The second kappa shape index (κ2) is 19.1. The third-order valence-corrected chi connectivity index (χ3v) is 3.10. The maximum Gasteiger partial charge on any atom is 0.124 e. The molecule has 0 saturated carbocycles. The molecule has 1 aromatic rings. The lowest BCUT2D eigenvalue weighted by atomic mass is 10.3. The van der Waals surface area contributed by atoms with E-state index in [1.54, 1.807) is 6.26 Å². The lowest BCUT2D eigenvalue weighted by molar-refractivity contribution is 0.0937. The van der Waals surface area contributed by atoms with E-state index in [0.29, 0.717) is 6.61 Å². The number of hydrogen-bond acceptors (Lipinski definition) is 5. The fourth-order valence-electron chi connectivity index (χ4n) is 1.95. The van der Waals surface area contributed by atoms with Crippen LogP contribution >= 0.6 is 0 Å². The average molecular weight is 330 g/mol. The van der Waals surface area contributed by atoms with Crippen molar-refractivity contribution in [2.24, 2.45) is 0 Å². The maximum absolute atomic E-state index is 5.53. The van der Waals surface area contributed by atoms with Crippen LogP contribution in [-0.4, -0.2) is 61.3 Å². The molecule has 0 aliphatic carbocycles. The van der Waals surface area contributed by atoms with Crippen molar-refractivity contribution < 1.29 is 9.26 Å². The van der Waals surface area contributed by atoms with Gasteiger partial charge in [-0.25, -0.2) is 0 Å². The summed E-state index contributed by atoms with van der Waals surface area (Å²) < 4.78 is 10.3. The second-order valence-electron chi connectivity index (χ2n) is 4.54. The number of likely N-dealkylation sites (N-methyl/N-ethyl adjacent to an activating group) is 1. The summed E-state index contributed by atoms with van der Waals surface area (Å²) in [6.07, 6.45) is 2.66. The first kappa shape index (κ1) is 24.3. The van der Waals surface area contributed by atoms with E-state index in [4.69, 9.17) is 9.26 Å². The average Bonchev–Trinajstić information content (AvgIpc) is 3.15. The lowest BCUT2D eigenvalue weighted by Crippen LogP contribution is -2.44. The van der Waals surface area contributed by atoms with Crippen LogP contribution in [0.5, 0.6) is 0 Å². The van der Waals surface area contributed by atoms with Crippen LogP contribution in [0.4, 0.5) is 0 Å². The molecule has 0 N–H and O–H groups in total. The van der Waals surface area contributed by atoms with E-state index in [1.807, 2.05) is 47.6 Å². The Morgan fingerprint density at radius 1 is 1.04 bits per heavy atom. The molecule has 1 aromatic heterocycles. The largest absolute Gasteiger partial charge is 0.375 e. The van der Waals surface area contributed by atoms with Crippen molar-refractivity contribution in [3.63, 3.8) is 0 Å². The normalized spacial score (nSPS) is 14.6. The van der Waals surface area contributed by atoms with Crippen LogP contribution < -0.4 is 0 Å². The molecule has 2 heterocycles. The minimum Gasteiger partial charge on any atom is -0.375 e. The van der Waals surface area contributed by atoms with Crippen molar-refractivity contribution in [3.8, 4) is 0 Å². The van der Waals surface area contributed by atoms with Crippen LogP contribution in [0.25, 0.3) is 0 Å². The van der Waals surface area contributed by atoms with Crippen molar-refractivity contribution in [2.45, 2.75) is 54.6 Å². The van der Waals surface area contributed by atoms with Crippen molar-refractivity contribution in [1.29, 1.82) is 0 Å². The third-order valence-electron chi connectivity index (χ3n) is 3.10. The molecule has 0 bridgehead atoms. The van der Waals surface area contributed by atoms with Gasteiger partial charge in [0.25, 0.3) is 0 Å². The van der Waals surface area contributed by atoms with Gasteiger partial charge >= 0.3 is 0 Å². The van der Waals surface area contributed by atoms with Crippen molar-refractivity contribution in [2.75, 3.05) is 46.4 Å². The highest BCUT2D eigenvalue weighted by atomic mass is 16.5. The van der Waals surface area contributed by atoms with Gasteiger partial charge in [-0.3, -0.25) is 0 Å². The number of nitrogens with zero attached hydrogens (tertiary/aromatic N) is 3. The zero-order chi connectivity index (χ0) is 17.9. The minimum atomic E-state index is 0.555. The number of rotatable bonds is 6. The number of hydrogen-bond donors (Lipinski definition) is 0. The van der Waals surface area contributed by atoms with Crippen LogP contribution in [0.2, 0.25) is 0 Å². The van der Waals surface area contributed by atoms with Gasteiger partial charge in [0.1, 0.15) is 12.0 Å². The van der Waals surface area contributed by atoms with Gasteiger partial charge in [0, 0.05) is 45.4 Å². The quantitative estimate of drug-likeness (QED) is 0.740. The van der Waals surface area contributed by atoms with Gasteiger partial charge in [0.2, 0.25) is 0 Å². The highest BCUT2D eigenvalue weighted by Crippen LogP contribution is 2.01. The van der Waals surface area contributed by atoms with Crippen molar-refractivity contribution in [3.05, 3.63) is 18.0 Å². The first-order chi connectivity index (χ1) is 11.3. The van der Waals surface area contributed by atoms with Gasteiger partial charge < -0.3 is 19.1 Å². The lowest BCUT2D eigenvalue weighted by Gasteiger charge is -2.32. The Balaban J connectivity index is 0. The molecule has 1 saturated heterocycles. The fraction of sp³-hybridized carbons (Fsp3) is 0.833. The fourth-order valence-corrected chi connectivity index (χ4v) is 1.95. The summed E-state index contributed by atoms with van der Waals surface area (Å²) in [4.78, 5) is 4.87. The molecule has 1 aliphatic heterocycles. The highest BCUT2D eigenvalue weighted by Gasteiger charge is 2.12. The van der Waals surface area contributed by atoms with Crippen molar-refractivity contribution in [1.82, 2.24) is 15.0 Å². The molecule has 5 nitrogen and oxygen atoms in total. The molecule has 0 unspecified atom stereocenters. The van der Waals surface area contributed by atoms with Crippen LogP contribution in [0.1, 0.15) is 53.7 Å². The molecule has 1 aliphatic rings. The summed E-state index contributed by atoms with van der Waals surface area (Å²) in [5.74, 6) is 0. The SMILES string of the molecule is CC.CC.CC.CN1CCN(CCCOCc2ccon2)CC1. The monoisotopic (exact) mass is 329 g/mol. The van der Waals surface area contributed by atoms with Crippen LogP contribution in [-0.2, 0) is 11.3 Å². The summed E-state index contributed by atoms with van der Waals surface area (Å²) >= 11 is 0. The summed E-state index contributed by atoms with van der Waals surface area (Å²) in [5.41, 5.74) is 0.865. The smallest absolute Gasteiger partial charge is 0.124 e. The van der Waals surface area contributed by atoms with Crippen LogP contribution in [0.3, 0.4) is 0 Å². The standard InChI is InChI=1S/C12H21N3O2.3C2H6/c1-14-5-7-15(8-6-14)4-2-9-16-11-12-3-10-17-13-12;3*1-2/h3,10H,2,4-9,11H2,1H3;3*1-2H3. The van der Waals surface area contributed by atoms with Gasteiger partial charge in [-0.2, -0.15) is 0 Å². The maximum atomic E-state index is 5.53. The summed E-state index contributed by atoms with van der Waals surface area (Å²) in [7, 11) is 2.18. The minimum absolute atomic E-state index is 0.555. The number of piperazine rings is 1. The molecular formula is C18H39N3O2. The van der Waals surface area contributed by atoms with Crippen molar-refractivity contribution >= 4 is 0 Å². The van der Waals surface area contributed by atoms with E-state index in [1.165, 1.54) is 26.2 Å². The number of ether oxygens (including phenoxy) is 1. The third kappa shape index (κ3) is 13.2. The zero-order valence-electron chi connectivity index (χ0n) is 16.5. The Bertz CT molecular complexity index is 297. The van der Waals surface area contributed by atoms with E-state index < -0.39 is 0 Å². The Hall–Kier alpha value is -0.910. The Morgan fingerprint density at radius 3 is 2.17 bits per heavy atom. The molecule has 5 heteroatoms. The molecule has 2 rings (SSSR count). The number of aromatic nitrogens is 1. The molecule has 23 heavy (non-hydrogen) atoms. The first-order valence-corrected chi connectivity index (χ1v) is 9.22. The van der Waals surface area contributed by atoms with Gasteiger partial charge in [-0.05, 0) is 13.5 Å². The second-order valence-corrected chi connectivity index (χ2v) is 4.54. The van der Waals surface area contributed by atoms with E-state index in [2.05, 4.69) is 22.0 Å². The molecule has 138 valence electrons. The van der Waals surface area contributed by atoms with Crippen LogP contribution in [0.15, 0.2) is 16.9 Å². The molecule has 0 spiro atoms. The Morgan fingerprint density at radius 2 is 1.65 bits per heavy atom. The predicted octanol–water partition coefficient (Wildman–Crippen LogP) is 3.91. The zero-order valence-corrected chi connectivity index (χ0v) is 16.5. The van der Waals surface area contributed by atoms with E-state index >= 15 is 0 Å². The van der Waals surface area contributed by atoms with Gasteiger partial charge in [0.15, 0.2) is 0 Å². The van der Waals surface area contributed by atoms with Gasteiger partial charge in [-0.1, -0.05) is 46.7 Å². The highest BCUT2D eigenvalue weighted by molar-refractivity contribution is 4.92. The van der Waals surface area contributed by atoms with E-state index in [-0.39, 0.29) is 0 Å². The van der Waals surface area contributed by atoms with E-state index in [0.717, 1.165) is 25.3 Å². The predicted molar refractivity (Wildman–Crippen MR) is 98.8 cm³/mol. The summed E-state index contributed by atoms with van der Waals surface area (Å²) in [6, 6.07) is 1.83. The van der Waals surface area contributed by atoms with Crippen LogP contribution in [0, 0.1) is 0 Å². The summed E-state index contributed by atoms with van der Waals surface area (Å²) in [5, 5.41) is 3.80. The van der Waals surface area contributed by atoms with Gasteiger partial charge in [-0.15, -0.1) is 0 Å². The molecule has 1 fully saturated rings. The summed E-state index contributed by atoms with van der Waals surface area (Å²) in [6.45, 7) is 19.2. The topological polar surface area (TPSA) is 41.7 Å². The molecule has 0 radical (unpaired) electrons. The molecule has 0 aromatic carbocycles. The first-order valence-electron chi connectivity index (χ1n) is 9.22. The molecule has 0 atom stereocenters.